The van der Waals surface area contributed by atoms with Crippen molar-refractivity contribution < 1.29 is 33.3 Å². The van der Waals surface area contributed by atoms with Crippen LogP contribution in [0, 0.1) is 37.9 Å². The zero-order valence-electron chi connectivity index (χ0n) is 34.0. The van der Waals surface area contributed by atoms with Gasteiger partial charge in [-0.2, -0.15) is 0 Å². The molecule has 274 valence electrons. The highest BCUT2D eigenvalue weighted by molar-refractivity contribution is 5.79. The first-order valence-electron chi connectivity index (χ1n) is 17.2. The maximum absolute atomic E-state index is 11.1. The lowest BCUT2D eigenvalue weighted by Crippen LogP contribution is -2.34. The summed E-state index contributed by atoms with van der Waals surface area (Å²) in [5.41, 5.74) is 0.717. The number of methoxy groups -OCH3 is 1. The highest BCUT2D eigenvalue weighted by atomic mass is 16.6. The average molecular weight is 657 g/mol. The molecule has 3 aliphatic heterocycles. The van der Waals surface area contributed by atoms with Crippen LogP contribution in [-0.2, 0) is 33.3 Å². The van der Waals surface area contributed by atoms with E-state index in [1.165, 1.54) is 26.4 Å². The number of cyclic esters (lactones) is 2. The van der Waals surface area contributed by atoms with Gasteiger partial charge in [-0.25, -0.2) is 0 Å². The van der Waals surface area contributed by atoms with Crippen LogP contribution >= 0.6 is 0 Å². The SMILES string of the molecule is CC1(C)CC(=O)OC1(C)C.CC1(C)COC(=O)C1(C)C.CC1(C)COCC1(C)C.CCCCC(C)(C)C.COC(=O)CC(C)(C)C. The van der Waals surface area contributed by atoms with Crippen LogP contribution in [0.2, 0.25) is 0 Å². The van der Waals surface area contributed by atoms with Gasteiger partial charge in [0.05, 0.1) is 45.2 Å². The van der Waals surface area contributed by atoms with E-state index in [1.54, 1.807) is 0 Å². The Morgan fingerprint density at radius 3 is 1.28 bits per heavy atom. The molecule has 0 amide bonds. The van der Waals surface area contributed by atoms with E-state index in [0.717, 1.165) is 13.2 Å². The maximum Gasteiger partial charge on any atom is 0.312 e. The summed E-state index contributed by atoms with van der Waals surface area (Å²) in [5, 5.41) is 0. The predicted octanol–water partition coefficient (Wildman–Crippen LogP) is 10.2. The van der Waals surface area contributed by atoms with Crippen molar-refractivity contribution in [2.75, 3.05) is 26.9 Å². The summed E-state index contributed by atoms with van der Waals surface area (Å²) in [6.07, 6.45) is 5.10. The first-order valence-corrected chi connectivity index (χ1v) is 17.2. The van der Waals surface area contributed by atoms with Crippen LogP contribution in [0.1, 0.15) is 164 Å². The minimum atomic E-state index is -0.312. The lowest BCUT2D eigenvalue weighted by Gasteiger charge is -2.31. The van der Waals surface area contributed by atoms with E-state index < -0.39 is 0 Å². The number of hydrogen-bond donors (Lipinski definition) is 0. The molecule has 3 saturated heterocycles. The van der Waals surface area contributed by atoms with Gasteiger partial charge in [-0.05, 0) is 55.8 Å². The van der Waals surface area contributed by atoms with E-state index >= 15 is 0 Å². The normalized spacial score (nSPS) is 22.5. The van der Waals surface area contributed by atoms with Gasteiger partial charge in [0, 0.05) is 10.8 Å². The van der Waals surface area contributed by atoms with Gasteiger partial charge in [0.25, 0.3) is 0 Å². The van der Waals surface area contributed by atoms with E-state index in [2.05, 4.69) is 87.8 Å². The van der Waals surface area contributed by atoms with Gasteiger partial charge in [0.1, 0.15) is 5.60 Å². The van der Waals surface area contributed by atoms with E-state index in [4.69, 9.17) is 14.2 Å². The molecule has 0 unspecified atom stereocenters. The second-order valence-electron chi connectivity index (χ2n) is 19.4. The van der Waals surface area contributed by atoms with Crippen LogP contribution in [0.4, 0.5) is 0 Å². The molecule has 0 radical (unpaired) electrons. The van der Waals surface area contributed by atoms with Crippen LogP contribution in [0.25, 0.3) is 0 Å². The minimum absolute atomic E-state index is 0.00984. The number of esters is 3. The second-order valence-corrected chi connectivity index (χ2v) is 19.4. The van der Waals surface area contributed by atoms with Crippen molar-refractivity contribution in [1.82, 2.24) is 0 Å². The minimum Gasteiger partial charge on any atom is -0.469 e. The molecule has 7 heteroatoms. The van der Waals surface area contributed by atoms with Gasteiger partial charge in [-0.1, -0.05) is 117 Å². The second kappa shape index (κ2) is 17.2. The maximum atomic E-state index is 11.1. The molecule has 3 aliphatic rings. The van der Waals surface area contributed by atoms with Gasteiger partial charge in [0.2, 0.25) is 0 Å². The fourth-order valence-electron chi connectivity index (χ4n) is 4.08. The Kier molecular flexibility index (Phi) is 17.3. The number of carbonyl (C=O) groups excluding carboxylic acids is 3. The molecule has 0 N–H and O–H groups in total. The molecule has 0 aromatic heterocycles. The molecular weight excluding hydrogens is 580 g/mol. The quantitative estimate of drug-likeness (QED) is 0.221. The Labute approximate surface area is 285 Å². The molecule has 0 bridgehead atoms. The van der Waals surface area contributed by atoms with Crippen molar-refractivity contribution in [3.05, 3.63) is 0 Å². The van der Waals surface area contributed by atoms with E-state index in [1.807, 2.05) is 48.5 Å². The van der Waals surface area contributed by atoms with Gasteiger partial charge in [-0.3, -0.25) is 14.4 Å². The molecule has 3 fully saturated rings. The molecule has 7 nitrogen and oxygen atoms in total. The Morgan fingerprint density at radius 2 is 1.17 bits per heavy atom. The standard InChI is InChI=1S/2C8H14O2.C8H16O.C8H18.C7H14O2/c1-7(2)5-10-6(9)8(7,3)4;1-7(2)5-6(9)10-8(7,3)4;1-7(2)5-9-6-8(7,3)4;1-5-6-7-8(2,3)4;1-7(2,3)5-6(8)9-4/h2*5H2,1-4H3;5-6H2,1-4H3;5-7H2,1-4H3;5H2,1-4H3. The van der Waals surface area contributed by atoms with E-state index in [-0.39, 0.29) is 45.2 Å². The van der Waals surface area contributed by atoms with E-state index in [9.17, 15) is 14.4 Å². The first kappa shape index (κ1) is 46.5. The summed E-state index contributed by atoms with van der Waals surface area (Å²) in [4.78, 5) is 32.5. The summed E-state index contributed by atoms with van der Waals surface area (Å²) >= 11 is 0. The molecule has 0 atom stereocenters. The third-order valence-electron chi connectivity index (χ3n) is 10.3. The molecule has 0 aromatic rings. The Morgan fingerprint density at radius 1 is 0.717 bits per heavy atom. The molecule has 3 heterocycles. The van der Waals surface area contributed by atoms with Gasteiger partial charge < -0.3 is 18.9 Å². The molecule has 0 aromatic carbocycles. The number of ether oxygens (including phenoxy) is 4. The molecule has 0 spiro atoms. The van der Waals surface area contributed by atoms with Crippen molar-refractivity contribution in [1.29, 1.82) is 0 Å². The van der Waals surface area contributed by atoms with Gasteiger partial charge in [0.15, 0.2) is 0 Å². The summed E-state index contributed by atoms with van der Waals surface area (Å²) in [5.74, 6) is -0.282. The van der Waals surface area contributed by atoms with Crippen molar-refractivity contribution in [3.8, 4) is 0 Å². The molecule has 0 aliphatic carbocycles. The number of hydrogen-bond acceptors (Lipinski definition) is 7. The Balaban J connectivity index is 0. The smallest absolute Gasteiger partial charge is 0.312 e. The average Bonchev–Trinajstić information content (AvgIpc) is 3.28. The topological polar surface area (TPSA) is 88.1 Å². The Bertz CT molecular complexity index is 919. The summed E-state index contributed by atoms with van der Waals surface area (Å²) < 4.78 is 19.9. The van der Waals surface area contributed by atoms with Crippen LogP contribution in [0.5, 0.6) is 0 Å². The van der Waals surface area contributed by atoms with Crippen LogP contribution in [0.3, 0.4) is 0 Å². The van der Waals surface area contributed by atoms with Crippen LogP contribution in [-0.4, -0.2) is 50.4 Å². The van der Waals surface area contributed by atoms with Gasteiger partial charge >= 0.3 is 17.9 Å². The highest BCUT2D eigenvalue weighted by Gasteiger charge is 2.50. The zero-order chi connectivity index (χ0) is 37.2. The van der Waals surface area contributed by atoms with Crippen LogP contribution in [0.15, 0.2) is 0 Å². The monoisotopic (exact) mass is 657 g/mol. The summed E-state index contributed by atoms with van der Waals surface area (Å²) in [6.45, 7) is 42.6. The van der Waals surface area contributed by atoms with Gasteiger partial charge in [-0.15, -0.1) is 0 Å². The molecule has 3 rings (SSSR count). The fourth-order valence-corrected chi connectivity index (χ4v) is 4.08. The summed E-state index contributed by atoms with van der Waals surface area (Å²) in [7, 11) is 1.41. The molecule has 46 heavy (non-hydrogen) atoms. The van der Waals surface area contributed by atoms with Crippen LogP contribution < -0.4 is 0 Å². The highest BCUT2D eigenvalue weighted by Crippen LogP contribution is 2.45. The summed E-state index contributed by atoms with van der Waals surface area (Å²) in [6, 6.07) is 0. The van der Waals surface area contributed by atoms with Crippen molar-refractivity contribution >= 4 is 17.9 Å². The third kappa shape index (κ3) is 16.0. The number of unbranched alkanes of at least 4 members (excludes halogenated alkanes) is 1. The predicted molar refractivity (Wildman–Crippen MR) is 191 cm³/mol. The number of rotatable bonds is 3. The third-order valence-corrected chi connectivity index (χ3v) is 10.3. The number of carbonyl (C=O) groups is 3. The fraction of sp³-hybridized carbons (Fsp3) is 0.923. The lowest BCUT2D eigenvalue weighted by atomic mass is 9.70. The van der Waals surface area contributed by atoms with Crippen molar-refractivity contribution in [3.63, 3.8) is 0 Å². The largest absolute Gasteiger partial charge is 0.469 e. The first-order chi connectivity index (χ1) is 20.2. The Hall–Kier alpha value is -1.63. The lowest BCUT2D eigenvalue weighted by molar-refractivity contribution is -0.148. The van der Waals surface area contributed by atoms with E-state index in [0.29, 0.717) is 35.7 Å². The molecule has 0 saturated carbocycles. The zero-order valence-corrected chi connectivity index (χ0v) is 34.0. The molecular formula is C39H76O7. The van der Waals surface area contributed by atoms with Crippen molar-refractivity contribution in [2.45, 2.75) is 169 Å². The van der Waals surface area contributed by atoms with Crippen molar-refractivity contribution in [2.24, 2.45) is 37.9 Å².